The van der Waals surface area contributed by atoms with Gasteiger partial charge in [0.1, 0.15) is 5.75 Å². The van der Waals surface area contributed by atoms with Crippen molar-refractivity contribution < 1.29 is 4.74 Å². The van der Waals surface area contributed by atoms with E-state index in [4.69, 9.17) is 4.74 Å². The van der Waals surface area contributed by atoms with Crippen LogP contribution in [0.4, 0.5) is 0 Å². The van der Waals surface area contributed by atoms with E-state index in [2.05, 4.69) is 54.7 Å². The summed E-state index contributed by atoms with van der Waals surface area (Å²) in [6.45, 7) is 3.05. The van der Waals surface area contributed by atoms with Crippen LogP contribution in [0.3, 0.4) is 0 Å². The van der Waals surface area contributed by atoms with Crippen molar-refractivity contribution in [3.05, 3.63) is 65.0 Å². The molecule has 0 amide bonds. The van der Waals surface area contributed by atoms with E-state index in [-0.39, 0.29) is 0 Å². The predicted molar refractivity (Wildman–Crippen MR) is 90.1 cm³/mol. The fourth-order valence-corrected chi connectivity index (χ4v) is 3.46. The average molecular weight is 297 g/mol. The molecule has 1 N–H and O–H groups in total. The zero-order valence-electron chi connectivity index (χ0n) is 12.3. The van der Waals surface area contributed by atoms with Gasteiger partial charge in [-0.05, 0) is 42.1 Å². The molecule has 3 heteroatoms. The summed E-state index contributed by atoms with van der Waals surface area (Å²) in [5.74, 6) is 0.906. The molecule has 1 heterocycles. The Morgan fingerprint density at radius 1 is 1.10 bits per heavy atom. The topological polar surface area (TPSA) is 21.3 Å². The Labute approximate surface area is 129 Å². The molecular formula is C18H19NOS. The smallest absolute Gasteiger partial charge is 0.119 e. The molecule has 0 saturated heterocycles. The predicted octanol–water partition coefficient (Wildman–Crippen LogP) is 4.76. The van der Waals surface area contributed by atoms with Crippen LogP contribution in [0.25, 0.3) is 10.1 Å². The van der Waals surface area contributed by atoms with Crippen LogP contribution in [0.5, 0.6) is 5.75 Å². The zero-order chi connectivity index (χ0) is 14.7. The van der Waals surface area contributed by atoms with Gasteiger partial charge in [-0.1, -0.05) is 30.3 Å². The second-order valence-corrected chi connectivity index (χ2v) is 6.26. The van der Waals surface area contributed by atoms with Gasteiger partial charge in [0.25, 0.3) is 0 Å². The van der Waals surface area contributed by atoms with E-state index in [9.17, 15) is 0 Å². The number of benzene rings is 2. The number of rotatable bonds is 5. The molecule has 3 rings (SSSR count). The third kappa shape index (κ3) is 3.26. The van der Waals surface area contributed by atoms with Crippen LogP contribution in [0.1, 0.15) is 23.4 Å². The third-order valence-electron chi connectivity index (χ3n) is 3.62. The van der Waals surface area contributed by atoms with Crippen molar-refractivity contribution in [2.45, 2.75) is 19.5 Å². The first-order valence-corrected chi connectivity index (χ1v) is 7.92. The highest BCUT2D eigenvalue weighted by molar-refractivity contribution is 7.19. The van der Waals surface area contributed by atoms with Gasteiger partial charge >= 0.3 is 0 Å². The van der Waals surface area contributed by atoms with Crippen LogP contribution in [-0.4, -0.2) is 7.11 Å². The van der Waals surface area contributed by atoms with Crippen molar-refractivity contribution in [3.8, 4) is 5.75 Å². The Hall–Kier alpha value is -1.84. The van der Waals surface area contributed by atoms with Crippen LogP contribution in [-0.2, 0) is 6.54 Å². The second-order valence-electron chi connectivity index (χ2n) is 5.14. The number of hydrogen-bond donors (Lipinski definition) is 1. The van der Waals surface area contributed by atoms with Crippen molar-refractivity contribution in [1.29, 1.82) is 0 Å². The largest absolute Gasteiger partial charge is 0.497 e. The van der Waals surface area contributed by atoms with E-state index in [1.165, 1.54) is 20.5 Å². The van der Waals surface area contributed by atoms with Crippen LogP contribution in [0, 0.1) is 0 Å². The lowest BCUT2D eigenvalue weighted by atomic mass is 10.2. The maximum atomic E-state index is 5.26. The lowest BCUT2D eigenvalue weighted by molar-refractivity contribution is 0.414. The molecule has 0 aliphatic carbocycles. The van der Waals surface area contributed by atoms with Gasteiger partial charge in [-0.3, -0.25) is 0 Å². The van der Waals surface area contributed by atoms with Gasteiger partial charge in [-0.15, -0.1) is 11.3 Å². The molecule has 0 saturated carbocycles. The summed E-state index contributed by atoms with van der Waals surface area (Å²) in [6, 6.07) is 19.3. The molecule has 2 aromatic carbocycles. The van der Waals surface area contributed by atoms with Crippen molar-refractivity contribution in [2.24, 2.45) is 0 Å². The van der Waals surface area contributed by atoms with E-state index in [0.717, 1.165) is 12.3 Å². The maximum Gasteiger partial charge on any atom is 0.119 e. The number of ether oxygens (including phenoxy) is 1. The van der Waals surface area contributed by atoms with Crippen molar-refractivity contribution in [3.63, 3.8) is 0 Å². The van der Waals surface area contributed by atoms with Crippen LogP contribution >= 0.6 is 11.3 Å². The standard InChI is InChI=1S/C18H19NOS/c1-13(18-11-15-7-3-4-9-17(15)21-18)19-12-14-6-5-8-16(10-14)20-2/h3-11,13,19H,12H2,1-2H3. The van der Waals surface area contributed by atoms with Crippen LogP contribution in [0.2, 0.25) is 0 Å². The van der Waals surface area contributed by atoms with E-state index < -0.39 is 0 Å². The summed E-state index contributed by atoms with van der Waals surface area (Å²) >= 11 is 1.86. The highest BCUT2D eigenvalue weighted by Crippen LogP contribution is 2.29. The summed E-state index contributed by atoms with van der Waals surface area (Å²) in [7, 11) is 1.70. The summed E-state index contributed by atoms with van der Waals surface area (Å²) in [4.78, 5) is 1.37. The van der Waals surface area contributed by atoms with E-state index in [1.54, 1.807) is 7.11 Å². The van der Waals surface area contributed by atoms with Crippen molar-refractivity contribution >= 4 is 21.4 Å². The molecule has 0 aliphatic rings. The van der Waals surface area contributed by atoms with E-state index in [0.29, 0.717) is 6.04 Å². The summed E-state index contributed by atoms with van der Waals surface area (Å²) in [6.07, 6.45) is 0. The zero-order valence-corrected chi connectivity index (χ0v) is 13.1. The van der Waals surface area contributed by atoms with Crippen molar-refractivity contribution in [2.75, 3.05) is 7.11 Å². The molecule has 108 valence electrons. The van der Waals surface area contributed by atoms with E-state index >= 15 is 0 Å². The van der Waals surface area contributed by atoms with Gasteiger partial charge in [-0.2, -0.15) is 0 Å². The Morgan fingerprint density at radius 2 is 1.95 bits per heavy atom. The summed E-state index contributed by atoms with van der Waals surface area (Å²) < 4.78 is 6.61. The lowest BCUT2D eigenvalue weighted by Crippen LogP contribution is -2.17. The van der Waals surface area contributed by atoms with Gasteiger partial charge in [0, 0.05) is 22.2 Å². The highest BCUT2D eigenvalue weighted by Gasteiger charge is 2.09. The van der Waals surface area contributed by atoms with Crippen molar-refractivity contribution in [1.82, 2.24) is 5.32 Å². The normalized spacial score (nSPS) is 12.5. The van der Waals surface area contributed by atoms with Gasteiger partial charge < -0.3 is 10.1 Å². The van der Waals surface area contributed by atoms with Gasteiger partial charge in [0.15, 0.2) is 0 Å². The monoisotopic (exact) mass is 297 g/mol. The van der Waals surface area contributed by atoms with Crippen LogP contribution < -0.4 is 10.1 Å². The quantitative estimate of drug-likeness (QED) is 0.733. The molecule has 1 atom stereocenters. The highest BCUT2D eigenvalue weighted by atomic mass is 32.1. The second kappa shape index (κ2) is 6.29. The Balaban J connectivity index is 1.69. The Morgan fingerprint density at radius 3 is 2.76 bits per heavy atom. The molecule has 21 heavy (non-hydrogen) atoms. The third-order valence-corrected chi connectivity index (χ3v) is 4.92. The fourth-order valence-electron chi connectivity index (χ4n) is 2.37. The van der Waals surface area contributed by atoms with Gasteiger partial charge in [0.05, 0.1) is 7.11 Å². The molecule has 0 aliphatic heterocycles. The van der Waals surface area contributed by atoms with Gasteiger partial charge in [-0.25, -0.2) is 0 Å². The molecule has 0 spiro atoms. The number of hydrogen-bond acceptors (Lipinski definition) is 3. The molecule has 2 nitrogen and oxygen atoms in total. The number of nitrogens with one attached hydrogen (secondary N) is 1. The lowest BCUT2D eigenvalue weighted by Gasteiger charge is -2.12. The minimum absolute atomic E-state index is 0.341. The molecule has 1 aromatic heterocycles. The van der Waals surface area contributed by atoms with E-state index in [1.807, 2.05) is 23.5 Å². The Bertz CT molecular complexity index is 702. The average Bonchev–Trinajstić information content (AvgIpc) is 2.97. The molecule has 1 unspecified atom stereocenters. The molecule has 0 fully saturated rings. The maximum absolute atomic E-state index is 5.26. The Kier molecular flexibility index (Phi) is 4.23. The molecular weight excluding hydrogens is 278 g/mol. The molecule has 0 bridgehead atoms. The first-order valence-electron chi connectivity index (χ1n) is 7.11. The fraction of sp³-hybridized carbons (Fsp3) is 0.222. The number of thiophene rings is 1. The van der Waals surface area contributed by atoms with Gasteiger partial charge in [0.2, 0.25) is 0 Å². The number of methoxy groups -OCH3 is 1. The minimum Gasteiger partial charge on any atom is -0.497 e. The number of fused-ring (bicyclic) bond motifs is 1. The molecule has 0 radical (unpaired) electrons. The summed E-state index contributed by atoms with van der Waals surface area (Å²) in [5.41, 5.74) is 1.24. The molecule has 3 aromatic rings. The summed E-state index contributed by atoms with van der Waals surface area (Å²) in [5, 5.41) is 4.91. The first-order chi connectivity index (χ1) is 10.3. The van der Waals surface area contributed by atoms with Crippen LogP contribution in [0.15, 0.2) is 54.6 Å². The SMILES string of the molecule is COc1cccc(CNC(C)c2cc3ccccc3s2)c1. The first kappa shape index (κ1) is 14.1. The minimum atomic E-state index is 0.341.